The van der Waals surface area contributed by atoms with Gasteiger partial charge in [0.2, 0.25) is 0 Å². The molecule has 2 heteroatoms. The molecule has 34 heavy (non-hydrogen) atoms. The SMILES string of the molecule is CCCCCCCCCCCCCCCCNCCCCCCCCCCCCCCCC.F. The van der Waals surface area contributed by atoms with E-state index in [1.54, 1.807) is 0 Å². The van der Waals surface area contributed by atoms with E-state index in [0.29, 0.717) is 0 Å². The second kappa shape index (κ2) is 35.1. The van der Waals surface area contributed by atoms with Crippen molar-refractivity contribution in [1.29, 1.82) is 0 Å². The average Bonchev–Trinajstić information content (AvgIpc) is 2.83. The summed E-state index contributed by atoms with van der Waals surface area (Å²) in [5, 5.41) is 3.67. The van der Waals surface area contributed by atoms with Crippen molar-refractivity contribution < 1.29 is 4.70 Å². The van der Waals surface area contributed by atoms with Gasteiger partial charge in [0.15, 0.2) is 0 Å². The molecule has 0 amide bonds. The van der Waals surface area contributed by atoms with Crippen molar-refractivity contribution in [3.63, 3.8) is 0 Å². The number of nitrogens with one attached hydrogen (secondary N) is 1. The molecule has 208 valence electrons. The fraction of sp³-hybridized carbons (Fsp3) is 1.00. The third kappa shape index (κ3) is 34.1. The smallest absolute Gasteiger partial charge is 0.00489 e. The summed E-state index contributed by atoms with van der Waals surface area (Å²) in [7, 11) is 0. The molecule has 0 heterocycles. The first-order valence-corrected chi connectivity index (χ1v) is 16.1. The Morgan fingerprint density at radius 1 is 0.265 bits per heavy atom. The van der Waals surface area contributed by atoms with E-state index >= 15 is 0 Å². The van der Waals surface area contributed by atoms with Crippen LogP contribution < -0.4 is 5.32 Å². The molecule has 0 spiro atoms. The first kappa shape index (κ1) is 36.0. The van der Waals surface area contributed by atoms with Crippen LogP contribution in [0, 0.1) is 0 Å². The zero-order valence-electron chi connectivity index (χ0n) is 24.1. The van der Waals surface area contributed by atoms with E-state index in [9.17, 15) is 0 Å². The Hall–Kier alpha value is -0.110. The van der Waals surface area contributed by atoms with Crippen molar-refractivity contribution in [2.45, 2.75) is 194 Å². The third-order valence-corrected chi connectivity index (χ3v) is 7.41. The van der Waals surface area contributed by atoms with Gasteiger partial charge in [-0.05, 0) is 25.9 Å². The Kier molecular flexibility index (Phi) is 37.2. The highest BCUT2D eigenvalue weighted by Gasteiger charge is 1.96. The van der Waals surface area contributed by atoms with Gasteiger partial charge in [0.05, 0.1) is 0 Å². The van der Waals surface area contributed by atoms with Gasteiger partial charge in [-0.15, -0.1) is 0 Å². The number of hydrogen-bond donors (Lipinski definition) is 1. The molecule has 0 aromatic carbocycles. The lowest BCUT2D eigenvalue weighted by molar-refractivity contribution is 0.518. The molecule has 1 nitrogen and oxygen atoms in total. The summed E-state index contributed by atoms with van der Waals surface area (Å²) in [6.45, 7) is 7.10. The highest BCUT2D eigenvalue weighted by molar-refractivity contribution is 4.53. The van der Waals surface area contributed by atoms with Crippen molar-refractivity contribution in [3.8, 4) is 0 Å². The highest BCUT2D eigenvalue weighted by atomic mass is 19.0. The zero-order chi connectivity index (χ0) is 23.9. The monoisotopic (exact) mass is 486 g/mol. The first-order valence-electron chi connectivity index (χ1n) is 16.1. The highest BCUT2D eigenvalue weighted by Crippen LogP contribution is 2.14. The maximum atomic E-state index is 3.67. The second-order valence-corrected chi connectivity index (χ2v) is 10.9. The van der Waals surface area contributed by atoms with Crippen LogP contribution >= 0.6 is 0 Å². The molecule has 0 atom stereocenters. The second-order valence-electron chi connectivity index (χ2n) is 10.9. The fourth-order valence-electron chi connectivity index (χ4n) is 5.01. The minimum atomic E-state index is 0. The van der Waals surface area contributed by atoms with E-state index in [2.05, 4.69) is 19.2 Å². The maximum Gasteiger partial charge on any atom is -0.00489 e. The van der Waals surface area contributed by atoms with Crippen LogP contribution in [-0.4, -0.2) is 13.1 Å². The van der Waals surface area contributed by atoms with Crippen LogP contribution in [0.1, 0.15) is 194 Å². The Morgan fingerprint density at radius 3 is 0.647 bits per heavy atom. The largest absolute Gasteiger partial charge is 0.317 e. The van der Waals surface area contributed by atoms with Gasteiger partial charge >= 0.3 is 0 Å². The molecule has 0 rings (SSSR count). The minimum absolute atomic E-state index is 0. The number of hydrogen-bond acceptors (Lipinski definition) is 1. The molecule has 0 unspecified atom stereocenters. The molecule has 0 saturated heterocycles. The van der Waals surface area contributed by atoms with E-state index in [4.69, 9.17) is 0 Å². The van der Waals surface area contributed by atoms with Crippen molar-refractivity contribution in [2.24, 2.45) is 0 Å². The van der Waals surface area contributed by atoms with Gasteiger partial charge in [-0.1, -0.05) is 181 Å². The molecule has 1 N–H and O–H groups in total. The topological polar surface area (TPSA) is 12.0 Å². The van der Waals surface area contributed by atoms with Crippen LogP contribution in [0.3, 0.4) is 0 Å². The lowest BCUT2D eigenvalue weighted by Gasteiger charge is -2.06. The van der Waals surface area contributed by atoms with Gasteiger partial charge in [-0.25, -0.2) is 0 Å². The molecular weight excluding hydrogens is 417 g/mol. The molecule has 0 aromatic heterocycles. The first-order chi connectivity index (χ1) is 16.4. The van der Waals surface area contributed by atoms with Crippen molar-refractivity contribution >= 4 is 0 Å². The predicted molar refractivity (Wildman–Crippen MR) is 156 cm³/mol. The molecule has 0 aliphatic heterocycles. The van der Waals surface area contributed by atoms with Gasteiger partial charge in [0.25, 0.3) is 0 Å². The zero-order valence-corrected chi connectivity index (χ0v) is 24.1. The average molecular weight is 486 g/mol. The van der Waals surface area contributed by atoms with Crippen LogP contribution in [0.2, 0.25) is 0 Å². The lowest BCUT2D eigenvalue weighted by atomic mass is 10.0. The summed E-state index contributed by atoms with van der Waals surface area (Å²) in [4.78, 5) is 0. The Bertz CT molecular complexity index is 290. The molecule has 0 aliphatic carbocycles. The summed E-state index contributed by atoms with van der Waals surface area (Å²) in [6.07, 6.45) is 40.7. The summed E-state index contributed by atoms with van der Waals surface area (Å²) in [6, 6.07) is 0. The standard InChI is InChI=1S/C32H67N.FH/c1-3-5-7-9-11-13-15-17-19-21-23-25-27-29-31-33-32-30-28-26-24-22-20-18-16-14-12-10-8-6-4-2;/h33H,3-32H2,1-2H3;1H. The van der Waals surface area contributed by atoms with Crippen LogP contribution in [0.5, 0.6) is 0 Å². The van der Waals surface area contributed by atoms with E-state index in [-0.39, 0.29) is 4.70 Å². The van der Waals surface area contributed by atoms with Gasteiger partial charge in [0.1, 0.15) is 0 Å². The quantitative estimate of drug-likeness (QED) is 0.0997. The molecule has 0 radical (unpaired) electrons. The molecule has 0 saturated carbocycles. The molecule has 0 aliphatic rings. The molecule has 0 aromatic rings. The summed E-state index contributed by atoms with van der Waals surface area (Å²) in [5.74, 6) is 0. The maximum absolute atomic E-state index is 3.67. The normalized spacial score (nSPS) is 11.1. The van der Waals surface area contributed by atoms with Crippen LogP contribution in [-0.2, 0) is 0 Å². The van der Waals surface area contributed by atoms with Gasteiger partial charge in [0, 0.05) is 0 Å². The Balaban J connectivity index is 0. The summed E-state index contributed by atoms with van der Waals surface area (Å²) >= 11 is 0. The van der Waals surface area contributed by atoms with E-state index < -0.39 is 0 Å². The number of unbranched alkanes of at least 4 members (excludes halogenated alkanes) is 26. The van der Waals surface area contributed by atoms with Gasteiger partial charge < -0.3 is 5.32 Å². The molecule has 0 bridgehead atoms. The lowest BCUT2D eigenvalue weighted by Crippen LogP contribution is -2.16. The van der Waals surface area contributed by atoms with E-state index in [1.165, 1.54) is 193 Å². The number of rotatable bonds is 30. The molecule has 0 fully saturated rings. The van der Waals surface area contributed by atoms with Crippen LogP contribution in [0.4, 0.5) is 4.70 Å². The minimum Gasteiger partial charge on any atom is -0.317 e. The molecular formula is C32H68FN. The van der Waals surface area contributed by atoms with Crippen molar-refractivity contribution in [2.75, 3.05) is 13.1 Å². The Labute approximate surface area is 216 Å². The van der Waals surface area contributed by atoms with Gasteiger partial charge in [-0.3, -0.25) is 4.70 Å². The predicted octanol–water partition coefficient (Wildman–Crippen LogP) is 11.7. The number of halogens is 1. The van der Waals surface area contributed by atoms with Gasteiger partial charge in [-0.2, -0.15) is 0 Å². The third-order valence-electron chi connectivity index (χ3n) is 7.41. The van der Waals surface area contributed by atoms with Crippen LogP contribution in [0.15, 0.2) is 0 Å². The van der Waals surface area contributed by atoms with Crippen molar-refractivity contribution in [1.82, 2.24) is 5.32 Å². The van der Waals surface area contributed by atoms with E-state index in [0.717, 1.165) is 0 Å². The van der Waals surface area contributed by atoms with E-state index in [1.807, 2.05) is 0 Å². The summed E-state index contributed by atoms with van der Waals surface area (Å²) < 4.78 is 0. The van der Waals surface area contributed by atoms with Crippen molar-refractivity contribution in [3.05, 3.63) is 0 Å². The van der Waals surface area contributed by atoms with Crippen LogP contribution in [0.25, 0.3) is 0 Å². The Morgan fingerprint density at radius 2 is 0.441 bits per heavy atom. The summed E-state index contributed by atoms with van der Waals surface area (Å²) in [5.41, 5.74) is 0. The fourth-order valence-corrected chi connectivity index (χ4v) is 5.01.